The van der Waals surface area contributed by atoms with Gasteiger partial charge < -0.3 is 24.2 Å². The number of rotatable bonds is 9. The van der Waals surface area contributed by atoms with Gasteiger partial charge in [0.25, 0.3) is 0 Å². The van der Waals surface area contributed by atoms with Crippen LogP contribution in [0.15, 0.2) is 28.9 Å². The fourth-order valence-electron chi connectivity index (χ4n) is 3.40. The van der Waals surface area contributed by atoms with Gasteiger partial charge in [-0.15, -0.1) is 0 Å². The fraction of sp³-hybridized carbons (Fsp3) is 0.333. The summed E-state index contributed by atoms with van der Waals surface area (Å²) >= 11 is 6.20. The number of halogens is 1. The number of carbonyl (C=O) groups excluding carboxylic acids is 4. The molecule has 180 valence electrons. The van der Waals surface area contributed by atoms with Crippen molar-refractivity contribution < 1.29 is 33.1 Å². The van der Waals surface area contributed by atoms with E-state index in [9.17, 15) is 19.2 Å². The largest absolute Gasteiger partial charge is 0.462 e. The fourth-order valence-corrected chi connectivity index (χ4v) is 3.62. The SMILES string of the molecule is CCOC(=O)c1cc(Cl)cc2[nH]c(C(=O)c3cc(COC(C)=O)co3)c(NC(=O)CC(C)C)c12. The summed E-state index contributed by atoms with van der Waals surface area (Å²) in [5, 5.41) is 3.32. The molecule has 0 unspecified atom stereocenters. The Labute approximate surface area is 200 Å². The van der Waals surface area contributed by atoms with E-state index >= 15 is 0 Å². The molecule has 2 aromatic heterocycles. The highest BCUT2D eigenvalue weighted by Crippen LogP contribution is 2.35. The van der Waals surface area contributed by atoms with Crippen LogP contribution in [0.5, 0.6) is 0 Å². The lowest BCUT2D eigenvalue weighted by Crippen LogP contribution is -2.16. The highest BCUT2D eigenvalue weighted by molar-refractivity contribution is 6.32. The number of furan rings is 1. The second-order valence-electron chi connectivity index (χ2n) is 8.05. The van der Waals surface area contributed by atoms with Crippen LogP contribution in [0.1, 0.15) is 66.3 Å². The number of hydrogen-bond donors (Lipinski definition) is 2. The van der Waals surface area contributed by atoms with Gasteiger partial charge >= 0.3 is 11.9 Å². The number of esters is 2. The Morgan fingerprint density at radius 3 is 2.53 bits per heavy atom. The van der Waals surface area contributed by atoms with Crippen LogP contribution in [0.4, 0.5) is 5.69 Å². The van der Waals surface area contributed by atoms with E-state index in [4.69, 9.17) is 25.5 Å². The van der Waals surface area contributed by atoms with Gasteiger partial charge in [0.05, 0.1) is 29.6 Å². The number of aromatic amines is 1. The van der Waals surface area contributed by atoms with Gasteiger partial charge in [-0.3, -0.25) is 14.4 Å². The minimum absolute atomic E-state index is 0.00769. The second-order valence-corrected chi connectivity index (χ2v) is 8.48. The van der Waals surface area contributed by atoms with Gasteiger partial charge in [-0.05, 0) is 31.0 Å². The van der Waals surface area contributed by atoms with Gasteiger partial charge in [0, 0.05) is 29.3 Å². The van der Waals surface area contributed by atoms with Crippen molar-refractivity contribution in [1.82, 2.24) is 4.98 Å². The van der Waals surface area contributed by atoms with Crippen molar-refractivity contribution in [3.63, 3.8) is 0 Å². The Bertz CT molecular complexity index is 1260. The van der Waals surface area contributed by atoms with Crippen LogP contribution in [0.3, 0.4) is 0 Å². The number of benzene rings is 1. The average Bonchev–Trinajstić information content (AvgIpc) is 3.36. The predicted molar refractivity (Wildman–Crippen MR) is 125 cm³/mol. The maximum absolute atomic E-state index is 13.4. The van der Waals surface area contributed by atoms with Gasteiger partial charge in [0.2, 0.25) is 11.7 Å². The molecule has 2 heterocycles. The number of H-pyrrole nitrogens is 1. The molecule has 3 aromatic rings. The molecule has 0 fully saturated rings. The molecular formula is C24H25ClN2O7. The number of anilines is 1. The van der Waals surface area contributed by atoms with E-state index in [1.165, 1.54) is 25.3 Å². The third-order valence-electron chi connectivity index (χ3n) is 4.76. The number of fused-ring (bicyclic) bond motifs is 1. The number of amides is 1. The smallest absolute Gasteiger partial charge is 0.338 e. The van der Waals surface area contributed by atoms with Crippen molar-refractivity contribution >= 4 is 51.8 Å². The first kappa shape index (κ1) is 25.0. The minimum atomic E-state index is -0.644. The van der Waals surface area contributed by atoms with Crippen LogP contribution in [0, 0.1) is 5.92 Å². The predicted octanol–water partition coefficient (Wildman–Crippen LogP) is 4.87. The van der Waals surface area contributed by atoms with E-state index in [2.05, 4.69) is 10.3 Å². The Morgan fingerprint density at radius 1 is 1.15 bits per heavy atom. The zero-order valence-electron chi connectivity index (χ0n) is 19.2. The van der Waals surface area contributed by atoms with Crippen molar-refractivity contribution in [3.8, 4) is 0 Å². The van der Waals surface area contributed by atoms with Crippen molar-refractivity contribution in [1.29, 1.82) is 0 Å². The molecule has 0 spiro atoms. The first-order valence-electron chi connectivity index (χ1n) is 10.7. The maximum Gasteiger partial charge on any atom is 0.338 e. The maximum atomic E-state index is 13.4. The monoisotopic (exact) mass is 488 g/mol. The summed E-state index contributed by atoms with van der Waals surface area (Å²) in [4.78, 5) is 52.7. The standard InChI is InChI=1S/C24H25ClN2O7/c1-5-32-24(31)16-8-15(25)9-17-20(16)21(27-19(29)6-12(2)3)22(26-17)23(30)18-7-14(11-34-18)10-33-13(4)28/h7-9,11-12,26H,5-6,10H2,1-4H3,(H,27,29). The van der Waals surface area contributed by atoms with E-state index in [0.717, 1.165) is 0 Å². The first-order chi connectivity index (χ1) is 16.1. The summed E-state index contributed by atoms with van der Waals surface area (Å²) in [6.45, 7) is 6.79. The molecular weight excluding hydrogens is 464 g/mol. The molecule has 1 amide bonds. The number of aromatic nitrogens is 1. The number of nitrogens with one attached hydrogen (secondary N) is 2. The Hall–Kier alpha value is -3.59. The molecule has 1 aromatic carbocycles. The summed E-state index contributed by atoms with van der Waals surface area (Å²) in [5.74, 6) is -1.99. The molecule has 0 radical (unpaired) electrons. The molecule has 0 aliphatic carbocycles. The van der Waals surface area contributed by atoms with E-state index in [1.807, 2.05) is 13.8 Å². The van der Waals surface area contributed by atoms with Gasteiger partial charge in [0.15, 0.2) is 5.76 Å². The van der Waals surface area contributed by atoms with E-state index in [0.29, 0.717) is 16.5 Å². The van der Waals surface area contributed by atoms with Crippen LogP contribution < -0.4 is 5.32 Å². The third-order valence-corrected chi connectivity index (χ3v) is 4.98. The normalized spacial score (nSPS) is 11.0. The molecule has 3 rings (SSSR count). The molecule has 0 saturated carbocycles. The highest BCUT2D eigenvalue weighted by Gasteiger charge is 2.27. The van der Waals surface area contributed by atoms with Crippen LogP contribution in [0.2, 0.25) is 5.02 Å². The second kappa shape index (κ2) is 10.6. The van der Waals surface area contributed by atoms with Crippen LogP contribution >= 0.6 is 11.6 Å². The molecule has 0 aliphatic rings. The number of ether oxygens (including phenoxy) is 2. The molecule has 9 nitrogen and oxygen atoms in total. The summed E-state index contributed by atoms with van der Waals surface area (Å²) in [7, 11) is 0. The molecule has 10 heteroatoms. The van der Waals surface area contributed by atoms with Gasteiger partial charge in [-0.1, -0.05) is 25.4 Å². The van der Waals surface area contributed by atoms with E-state index in [1.54, 1.807) is 13.0 Å². The quantitative estimate of drug-likeness (QED) is 0.325. The summed E-state index contributed by atoms with van der Waals surface area (Å²) in [6, 6.07) is 4.41. The summed E-state index contributed by atoms with van der Waals surface area (Å²) in [5.41, 5.74) is 1.09. The molecule has 2 N–H and O–H groups in total. The Balaban J connectivity index is 2.12. The lowest BCUT2D eigenvalue weighted by atomic mass is 10.1. The van der Waals surface area contributed by atoms with Gasteiger partial charge in [0.1, 0.15) is 12.3 Å². The van der Waals surface area contributed by atoms with Crippen molar-refractivity contribution in [2.45, 2.75) is 40.7 Å². The molecule has 34 heavy (non-hydrogen) atoms. The number of carbonyl (C=O) groups is 4. The van der Waals surface area contributed by atoms with E-state index in [-0.39, 0.29) is 59.2 Å². The van der Waals surface area contributed by atoms with Crippen molar-refractivity contribution in [3.05, 3.63) is 52.1 Å². The third kappa shape index (κ3) is 5.66. The van der Waals surface area contributed by atoms with Crippen molar-refractivity contribution in [2.24, 2.45) is 5.92 Å². The van der Waals surface area contributed by atoms with E-state index < -0.39 is 17.7 Å². The first-order valence-corrected chi connectivity index (χ1v) is 11.1. The Kier molecular flexibility index (Phi) is 7.78. The van der Waals surface area contributed by atoms with Gasteiger partial charge in [-0.25, -0.2) is 4.79 Å². The molecule has 0 atom stereocenters. The molecule has 0 aliphatic heterocycles. The molecule has 0 bridgehead atoms. The van der Waals surface area contributed by atoms with Gasteiger partial charge in [-0.2, -0.15) is 0 Å². The van der Waals surface area contributed by atoms with Crippen LogP contribution in [0.25, 0.3) is 10.9 Å². The lowest BCUT2D eigenvalue weighted by Gasteiger charge is -2.10. The van der Waals surface area contributed by atoms with Crippen LogP contribution in [-0.2, 0) is 25.7 Å². The summed E-state index contributed by atoms with van der Waals surface area (Å²) < 4.78 is 15.5. The molecule has 0 saturated heterocycles. The van der Waals surface area contributed by atoms with Crippen LogP contribution in [-0.4, -0.2) is 35.2 Å². The zero-order chi connectivity index (χ0) is 25.0. The average molecular weight is 489 g/mol. The number of ketones is 1. The Morgan fingerprint density at radius 2 is 1.88 bits per heavy atom. The lowest BCUT2D eigenvalue weighted by molar-refractivity contribution is -0.142. The highest BCUT2D eigenvalue weighted by atomic mass is 35.5. The number of hydrogen-bond acceptors (Lipinski definition) is 7. The zero-order valence-corrected chi connectivity index (χ0v) is 20.0. The van der Waals surface area contributed by atoms with Crippen molar-refractivity contribution in [2.75, 3.05) is 11.9 Å². The summed E-state index contributed by atoms with van der Waals surface area (Å²) in [6.07, 6.45) is 1.51. The minimum Gasteiger partial charge on any atom is -0.462 e. The topological polar surface area (TPSA) is 128 Å².